The molecule has 0 saturated carbocycles. The summed E-state index contributed by atoms with van der Waals surface area (Å²) >= 11 is 0. The van der Waals surface area contributed by atoms with Crippen molar-refractivity contribution < 1.29 is 0 Å². The number of benzene rings is 1. The summed E-state index contributed by atoms with van der Waals surface area (Å²) in [6, 6.07) is 9.89. The van der Waals surface area contributed by atoms with Gasteiger partial charge in [-0.15, -0.1) is 0 Å². The van der Waals surface area contributed by atoms with Gasteiger partial charge >= 0.3 is 0 Å². The van der Waals surface area contributed by atoms with E-state index in [0.29, 0.717) is 5.70 Å². The third-order valence-corrected chi connectivity index (χ3v) is 3.09. The number of nitrogens with zero attached hydrogens (tertiary/aromatic N) is 1. The molecular weight excluding hydrogens is 210 g/mol. The van der Waals surface area contributed by atoms with Crippen molar-refractivity contribution in [1.82, 2.24) is 0 Å². The normalized spacial score (nSPS) is 26.1. The maximum atomic E-state index is 6.39. The molecule has 3 rings (SSSR count). The Morgan fingerprint density at radius 2 is 1.82 bits per heavy atom. The molecule has 3 heteroatoms. The van der Waals surface area contributed by atoms with Crippen LogP contribution in [0.1, 0.15) is 5.56 Å². The maximum Gasteiger partial charge on any atom is 0.0829 e. The summed E-state index contributed by atoms with van der Waals surface area (Å²) in [5.41, 5.74) is 15.3. The van der Waals surface area contributed by atoms with Crippen LogP contribution in [-0.4, -0.2) is 6.21 Å². The minimum Gasteiger partial charge on any atom is -0.398 e. The van der Waals surface area contributed by atoms with Crippen LogP contribution in [0.25, 0.3) is 0 Å². The molecule has 0 amide bonds. The number of fused-ring (bicyclic) bond motifs is 1. The second-order valence-corrected chi connectivity index (χ2v) is 4.29. The lowest BCUT2D eigenvalue weighted by Gasteiger charge is -2.28. The van der Waals surface area contributed by atoms with Crippen molar-refractivity contribution in [3.05, 3.63) is 71.1 Å². The zero-order valence-corrected chi connectivity index (χ0v) is 9.30. The van der Waals surface area contributed by atoms with E-state index >= 15 is 0 Å². The molecule has 0 bridgehead atoms. The Morgan fingerprint density at radius 3 is 2.59 bits per heavy atom. The molecule has 1 unspecified atom stereocenters. The first-order valence-electron chi connectivity index (χ1n) is 5.50. The van der Waals surface area contributed by atoms with Crippen LogP contribution in [0.2, 0.25) is 0 Å². The van der Waals surface area contributed by atoms with Crippen LogP contribution in [0.3, 0.4) is 0 Å². The molecule has 0 radical (unpaired) electrons. The summed E-state index contributed by atoms with van der Waals surface area (Å²) in [7, 11) is 0. The molecule has 84 valence electrons. The van der Waals surface area contributed by atoms with Crippen molar-refractivity contribution in [2.24, 2.45) is 16.5 Å². The van der Waals surface area contributed by atoms with Gasteiger partial charge in [0.05, 0.1) is 11.2 Å². The largest absolute Gasteiger partial charge is 0.398 e. The Balaban J connectivity index is 2.14. The first-order chi connectivity index (χ1) is 8.19. The zero-order valence-electron chi connectivity index (χ0n) is 9.30. The lowest BCUT2D eigenvalue weighted by atomic mass is 9.83. The molecule has 2 aliphatic rings. The second kappa shape index (κ2) is 3.43. The SMILES string of the molecule is NC1=CC(N)(c2ccccc2)C=C2N=CC=C12. The monoisotopic (exact) mass is 223 g/mol. The summed E-state index contributed by atoms with van der Waals surface area (Å²) in [6.45, 7) is 0. The van der Waals surface area contributed by atoms with E-state index in [1.807, 2.05) is 48.6 Å². The summed E-state index contributed by atoms with van der Waals surface area (Å²) < 4.78 is 0. The second-order valence-electron chi connectivity index (χ2n) is 4.29. The molecule has 1 aliphatic heterocycles. The Labute approximate surface area is 99.8 Å². The molecule has 17 heavy (non-hydrogen) atoms. The Hall–Kier alpha value is -2.13. The van der Waals surface area contributed by atoms with Crippen LogP contribution < -0.4 is 11.5 Å². The minimum absolute atomic E-state index is 0.667. The fourth-order valence-corrected chi connectivity index (χ4v) is 2.20. The molecule has 3 nitrogen and oxygen atoms in total. The molecular formula is C14H13N3. The van der Waals surface area contributed by atoms with Crippen LogP contribution in [0.4, 0.5) is 0 Å². The maximum absolute atomic E-state index is 6.39. The number of rotatable bonds is 1. The average Bonchev–Trinajstić information content (AvgIpc) is 2.78. The van der Waals surface area contributed by atoms with E-state index in [0.717, 1.165) is 16.8 Å². The lowest BCUT2D eigenvalue weighted by molar-refractivity contribution is 0.691. The first-order valence-corrected chi connectivity index (χ1v) is 5.50. The van der Waals surface area contributed by atoms with Crippen molar-refractivity contribution in [3.8, 4) is 0 Å². The number of aliphatic imine (C=N–C) groups is 1. The molecule has 1 aliphatic carbocycles. The minimum atomic E-state index is -0.667. The van der Waals surface area contributed by atoms with Gasteiger partial charge in [-0.3, -0.25) is 4.99 Å². The Kier molecular flexibility index (Phi) is 2.03. The fourth-order valence-electron chi connectivity index (χ4n) is 2.20. The predicted octanol–water partition coefficient (Wildman–Crippen LogP) is 1.59. The standard InChI is InChI=1S/C14H13N3/c15-12-8-14(16,10-4-2-1-3-5-10)9-13-11(12)6-7-17-13/h1-9H,15-16H2. The third-order valence-electron chi connectivity index (χ3n) is 3.09. The Bertz CT molecular complexity index is 579. The lowest BCUT2D eigenvalue weighted by Crippen LogP contribution is -2.36. The summed E-state index contributed by atoms with van der Waals surface area (Å²) in [6.07, 6.45) is 7.49. The highest BCUT2D eigenvalue weighted by Gasteiger charge is 2.29. The van der Waals surface area contributed by atoms with Crippen molar-refractivity contribution in [1.29, 1.82) is 0 Å². The molecule has 1 aromatic rings. The number of hydrogen-bond acceptors (Lipinski definition) is 3. The highest BCUT2D eigenvalue weighted by Crippen LogP contribution is 2.34. The van der Waals surface area contributed by atoms with Crippen LogP contribution in [0.15, 0.2) is 70.5 Å². The highest BCUT2D eigenvalue weighted by atomic mass is 14.8. The van der Waals surface area contributed by atoms with Crippen LogP contribution >= 0.6 is 0 Å². The van der Waals surface area contributed by atoms with E-state index in [2.05, 4.69) is 4.99 Å². The molecule has 1 aromatic carbocycles. The first kappa shape index (κ1) is 10.1. The number of nitrogens with two attached hydrogens (primary N) is 2. The van der Waals surface area contributed by atoms with Gasteiger partial charge in [-0.1, -0.05) is 30.3 Å². The summed E-state index contributed by atoms with van der Waals surface area (Å²) in [4.78, 5) is 4.27. The van der Waals surface area contributed by atoms with E-state index in [-0.39, 0.29) is 0 Å². The van der Waals surface area contributed by atoms with Gasteiger partial charge in [-0.25, -0.2) is 0 Å². The van der Waals surface area contributed by atoms with Crippen molar-refractivity contribution in [2.45, 2.75) is 5.54 Å². The zero-order chi connectivity index (χ0) is 11.9. The summed E-state index contributed by atoms with van der Waals surface area (Å²) in [5.74, 6) is 0. The molecule has 0 aromatic heterocycles. The smallest absolute Gasteiger partial charge is 0.0829 e. The van der Waals surface area contributed by atoms with Gasteiger partial charge in [0, 0.05) is 17.5 Å². The van der Waals surface area contributed by atoms with Crippen molar-refractivity contribution in [2.75, 3.05) is 0 Å². The van der Waals surface area contributed by atoms with Gasteiger partial charge in [0.1, 0.15) is 0 Å². The molecule has 0 spiro atoms. The highest BCUT2D eigenvalue weighted by molar-refractivity contribution is 5.82. The molecule has 0 fully saturated rings. The molecule has 1 atom stereocenters. The van der Waals surface area contributed by atoms with Gasteiger partial charge in [0.25, 0.3) is 0 Å². The number of allylic oxidation sites excluding steroid dienone is 1. The molecule has 1 heterocycles. The molecule has 4 N–H and O–H groups in total. The van der Waals surface area contributed by atoms with Crippen LogP contribution in [0.5, 0.6) is 0 Å². The van der Waals surface area contributed by atoms with E-state index in [1.165, 1.54) is 0 Å². The fraction of sp³-hybridized carbons (Fsp3) is 0.0714. The summed E-state index contributed by atoms with van der Waals surface area (Å²) in [5, 5.41) is 0. The Morgan fingerprint density at radius 1 is 1.06 bits per heavy atom. The van der Waals surface area contributed by atoms with Crippen LogP contribution in [-0.2, 0) is 5.54 Å². The molecule has 0 saturated heterocycles. The third kappa shape index (κ3) is 1.52. The van der Waals surface area contributed by atoms with E-state index < -0.39 is 5.54 Å². The average molecular weight is 223 g/mol. The van der Waals surface area contributed by atoms with Gasteiger partial charge < -0.3 is 11.5 Å². The van der Waals surface area contributed by atoms with Gasteiger partial charge in [-0.2, -0.15) is 0 Å². The van der Waals surface area contributed by atoms with Gasteiger partial charge in [0.2, 0.25) is 0 Å². The van der Waals surface area contributed by atoms with Crippen molar-refractivity contribution >= 4 is 6.21 Å². The van der Waals surface area contributed by atoms with E-state index in [9.17, 15) is 0 Å². The van der Waals surface area contributed by atoms with Crippen LogP contribution in [0, 0.1) is 0 Å². The van der Waals surface area contributed by atoms with Gasteiger partial charge in [-0.05, 0) is 23.8 Å². The predicted molar refractivity (Wildman–Crippen MR) is 69.2 cm³/mol. The van der Waals surface area contributed by atoms with Gasteiger partial charge in [0.15, 0.2) is 0 Å². The van der Waals surface area contributed by atoms with E-state index in [1.54, 1.807) is 6.21 Å². The van der Waals surface area contributed by atoms with E-state index in [4.69, 9.17) is 11.5 Å². The topological polar surface area (TPSA) is 64.4 Å². The number of hydrogen-bond donors (Lipinski definition) is 2. The van der Waals surface area contributed by atoms with Crippen molar-refractivity contribution in [3.63, 3.8) is 0 Å². The quantitative estimate of drug-likeness (QED) is 0.759.